The van der Waals surface area contributed by atoms with Gasteiger partial charge < -0.3 is 10.3 Å². The molecule has 3 aromatic rings. The van der Waals surface area contributed by atoms with Gasteiger partial charge in [-0.15, -0.1) is 5.10 Å². The van der Waals surface area contributed by atoms with E-state index in [4.69, 9.17) is 0 Å². The summed E-state index contributed by atoms with van der Waals surface area (Å²) >= 11 is 0. The largest absolute Gasteiger partial charge is 0.344 e. The van der Waals surface area contributed by atoms with E-state index in [0.29, 0.717) is 5.69 Å². The zero-order valence-electron chi connectivity index (χ0n) is 13.0. The molecule has 3 rings (SSSR count). The van der Waals surface area contributed by atoms with Crippen LogP contribution in [0.1, 0.15) is 41.4 Å². The van der Waals surface area contributed by atoms with Gasteiger partial charge in [0.05, 0.1) is 17.9 Å². The number of imidazole rings is 1. The van der Waals surface area contributed by atoms with Crippen LogP contribution in [0.2, 0.25) is 0 Å². The lowest BCUT2D eigenvalue weighted by atomic mass is 10.2. The summed E-state index contributed by atoms with van der Waals surface area (Å²) < 4.78 is 1.52. The van der Waals surface area contributed by atoms with Gasteiger partial charge in [0, 0.05) is 11.9 Å². The highest BCUT2D eigenvalue weighted by atomic mass is 16.2. The average Bonchev–Trinajstić information content (AvgIpc) is 3.22. The molecule has 1 aromatic carbocycles. The minimum atomic E-state index is -0.236. The molecule has 7 heteroatoms. The molecule has 2 N–H and O–H groups in total. The van der Waals surface area contributed by atoms with Crippen LogP contribution in [0.3, 0.4) is 0 Å². The van der Waals surface area contributed by atoms with Gasteiger partial charge in [-0.25, -0.2) is 9.67 Å². The van der Waals surface area contributed by atoms with Gasteiger partial charge >= 0.3 is 0 Å². The number of amides is 1. The van der Waals surface area contributed by atoms with Crippen LogP contribution in [-0.4, -0.2) is 30.9 Å². The maximum atomic E-state index is 12.6. The predicted molar refractivity (Wildman–Crippen MR) is 85.2 cm³/mol. The summed E-state index contributed by atoms with van der Waals surface area (Å²) in [5.74, 6) is 0.511. The van der Waals surface area contributed by atoms with Gasteiger partial charge in [-0.05, 0) is 25.5 Å². The van der Waals surface area contributed by atoms with Crippen LogP contribution < -0.4 is 5.32 Å². The van der Waals surface area contributed by atoms with Gasteiger partial charge in [0.25, 0.3) is 5.91 Å². The second-order valence-corrected chi connectivity index (χ2v) is 5.25. The van der Waals surface area contributed by atoms with Crippen molar-refractivity contribution in [3.8, 4) is 5.69 Å². The van der Waals surface area contributed by atoms with Crippen molar-refractivity contribution in [2.45, 2.75) is 26.3 Å². The molecule has 0 aliphatic heterocycles. The van der Waals surface area contributed by atoms with E-state index in [1.807, 2.05) is 44.2 Å². The maximum Gasteiger partial charge on any atom is 0.272 e. The van der Waals surface area contributed by atoms with Crippen LogP contribution in [0.5, 0.6) is 0 Å². The Hall–Kier alpha value is -2.96. The smallest absolute Gasteiger partial charge is 0.272 e. The number of hydrogen-bond donors (Lipinski definition) is 2. The fraction of sp³-hybridized carbons (Fsp3) is 0.250. The van der Waals surface area contributed by atoms with E-state index in [2.05, 4.69) is 25.6 Å². The molecule has 0 aliphatic carbocycles. The van der Waals surface area contributed by atoms with Gasteiger partial charge in [0.1, 0.15) is 5.82 Å². The van der Waals surface area contributed by atoms with Crippen LogP contribution in [0.4, 0.5) is 0 Å². The Balaban J connectivity index is 1.83. The van der Waals surface area contributed by atoms with Gasteiger partial charge in [0.2, 0.25) is 0 Å². The lowest BCUT2D eigenvalue weighted by Crippen LogP contribution is -2.30. The number of nitrogens with zero attached hydrogens (tertiary/aromatic N) is 4. The fourth-order valence-corrected chi connectivity index (χ4v) is 2.36. The van der Waals surface area contributed by atoms with Crippen molar-refractivity contribution >= 4 is 5.91 Å². The summed E-state index contributed by atoms with van der Waals surface area (Å²) in [5.41, 5.74) is 2.14. The van der Waals surface area contributed by atoms with E-state index >= 15 is 0 Å². The molecule has 0 saturated carbocycles. The zero-order chi connectivity index (χ0) is 16.2. The summed E-state index contributed by atoms with van der Waals surface area (Å²) in [5, 5.41) is 10.8. The molecule has 1 amide bonds. The highest BCUT2D eigenvalue weighted by Crippen LogP contribution is 2.15. The van der Waals surface area contributed by atoms with Gasteiger partial charge in [-0.3, -0.25) is 4.79 Å². The molecule has 0 radical (unpaired) electrons. The first-order valence-corrected chi connectivity index (χ1v) is 7.47. The number of carbonyl (C=O) groups is 1. The molecule has 0 unspecified atom stereocenters. The molecule has 0 aliphatic rings. The second kappa shape index (κ2) is 6.43. The van der Waals surface area contributed by atoms with Crippen molar-refractivity contribution in [2.75, 3.05) is 0 Å². The van der Waals surface area contributed by atoms with Crippen LogP contribution in [0.15, 0.2) is 42.7 Å². The maximum absolute atomic E-state index is 12.6. The fourth-order valence-electron chi connectivity index (χ4n) is 2.36. The van der Waals surface area contributed by atoms with Crippen molar-refractivity contribution < 1.29 is 4.79 Å². The second-order valence-electron chi connectivity index (χ2n) is 5.25. The lowest BCUT2D eigenvalue weighted by Gasteiger charge is -2.15. The normalized spacial score (nSPS) is 12.1. The summed E-state index contributed by atoms with van der Waals surface area (Å²) in [6.45, 7) is 3.93. The van der Waals surface area contributed by atoms with Crippen LogP contribution in [-0.2, 0) is 0 Å². The summed E-state index contributed by atoms with van der Waals surface area (Å²) in [6, 6.07) is 9.25. The average molecular weight is 310 g/mol. The zero-order valence-corrected chi connectivity index (χ0v) is 13.0. The quantitative estimate of drug-likeness (QED) is 0.756. The number of nitrogens with one attached hydrogen (secondary N) is 2. The Kier molecular flexibility index (Phi) is 4.18. The SMILES string of the molecule is CC[C@@H](NC(=O)c1cnnn1-c1ccccc1)c1ncc(C)[nH]1. The number of hydrogen-bond acceptors (Lipinski definition) is 4. The summed E-state index contributed by atoms with van der Waals surface area (Å²) in [7, 11) is 0. The van der Waals surface area contributed by atoms with Crippen LogP contribution >= 0.6 is 0 Å². The molecule has 0 spiro atoms. The summed E-state index contributed by atoms with van der Waals surface area (Å²) in [4.78, 5) is 20.0. The molecule has 7 nitrogen and oxygen atoms in total. The van der Waals surface area contributed by atoms with Crippen LogP contribution in [0.25, 0.3) is 5.69 Å². The number of benzene rings is 1. The standard InChI is InChI=1S/C16H18N6O/c1-3-13(15-17-9-11(2)19-15)20-16(23)14-10-18-21-22(14)12-7-5-4-6-8-12/h4-10,13H,3H2,1-2H3,(H,17,19)(H,20,23)/t13-/m1/s1. The predicted octanol–water partition coefficient (Wildman–Crippen LogP) is 2.18. The molecule has 2 heterocycles. The first-order chi connectivity index (χ1) is 11.2. The Morgan fingerprint density at radius 2 is 2.09 bits per heavy atom. The van der Waals surface area contributed by atoms with E-state index in [0.717, 1.165) is 23.6 Å². The van der Waals surface area contributed by atoms with Crippen molar-refractivity contribution in [1.29, 1.82) is 0 Å². The van der Waals surface area contributed by atoms with E-state index in [1.165, 1.54) is 10.9 Å². The highest BCUT2D eigenvalue weighted by molar-refractivity contribution is 5.93. The molecule has 1 atom stereocenters. The van der Waals surface area contributed by atoms with Gasteiger partial charge in [-0.1, -0.05) is 30.3 Å². The van der Waals surface area contributed by atoms with E-state index < -0.39 is 0 Å². The Labute approximate surface area is 133 Å². The lowest BCUT2D eigenvalue weighted by molar-refractivity contribution is 0.0926. The number of aromatic amines is 1. The molecule has 23 heavy (non-hydrogen) atoms. The third kappa shape index (κ3) is 3.13. The topological polar surface area (TPSA) is 88.5 Å². The number of aromatic nitrogens is 5. The number of H-pyrrole nitrogens is 1. The molecule has 0 saturated heterocycles. The minimum absolute atomic E-state index is 0.185. The van der Waals surface area contributed by atoms with Crippen molar-refractivity contribution in [3.05, 3.63) is 59.9 Å². The molecule has 118 valence electrons. The Bertz CT molecular complexity index is 792. The van der Waals surface area contributed by atoms with E-state index in [9.17, 15) is 4.79 Å². The van der Waals surface area contributed by atoms with E-state index in [-0.39, 0.29) is 11.9 Å². The number of carbonyl (C=O) groups excluding carboxylic acids is 1. The number of para-hydroxylation sites is 1. The van der Waals surface area contributed by atoms with Crippen molar-refractivity contribution in [3.63, 3.8) is 0 Å². The molecular weight excluding hydrogens is 292 g/mol. The molecule has 0 fully saturated rings. The monoisotopic (exact) mass is 310 g/mol. The molecule has 0 bridgehead atoms. The van der Waals surface area contributed by atoms with E-state index in [1.54, 1.807) is 6.20 Å². The summed E-state index contributed by atoms with van der Waals surface area (Å²) in [6.07, 6.45) is 3.94. The number of rotatable bonds is 5. The Morgan fingerprint density at radius 1 is 1.30 bits per heavy atom. The minimum Gasteiger partial charge on any atom is -0.344 e. The van der Waals surface area contributed by atoms with Gasteiger partial charge in [0.15, 0.2) is 5.69 Å². The van der Waals surface area contributed by atoms with Crippen molar-refractivity contribution in [1.82, 2.24) is 30.3 Å². The Morgan fingerprint density at radius 3 is 2.74 bits per heavy atom. The van der Waals surface area contributed by atoms with Crippen molar-refractivity contribution in [2.24, 2.45) is 0 Å². The molecular formula is C16H18N6O. The number of aryl methyl sites for hydroxylation is 1. The third-order valence-electron chi connectivity index (χ3n) is 3.55. The molecule has 2 aromatic heterocycles. The third-order valence-corrected chi connectivity index (χ3v) is 3.55. The van der Waals surface area contributed by atoms with Crippen LogP contribution in [0, 0.1) is 6.92 Å². The first kappa shape index (κ1) is 15.0. The first-order valence-electron chi connectivity index (χ1n) is 7.47. The van der Waals surface area contributed by atoms with Gasteiger partial charge in [-0.2, -0.15) is 0 Å². The highest BCUT2D eigenvalue weighted by Gasteiger charge is 2.20.